The fourth-order valence-electron chi connectivity index (χ4n) is 3.38. The molecule has 0 radical (unpaired) electrons. The molecule has 1 saturated heterocycles. The number of hydrogen-bond donors (Lipinski definition) is 2. The lowest BCUT2D eigenvalue weighted by Crippen LogP contribution is -2.46. The molecular formula is C20H32N4O2. The minimum absolute atomic E-state index is 0.138. The van der Waals surface area contributed by atoms with Gasteiger partial charge in [0.1, 0.15) is 5.75 Å². The van der Waals surface area contributed by atoms with Crippen molar-refractivity contribution >= 4 is 11.9 Å². The van der Waals surface area contributed by atoms with Gasteiger partial charge in [-0.1, -0.05) is 12.1 Å². The summed E-state index contributed by atoms with van der Waals surface area (Å²) in [5.41, 5.74) is 2.40. The summed E-state index contributed by atoms with van der Waals surface area (Å²) < 4.78 is 5.39. The number of nitrogens with one attached hydrogen (secondary N) is 2. The number of amides is 1. The van der Waals surface area contributed by atoms with Crippen molar-refractivity contribution in [3.63, 3.8) is 0 Å². The van der Waals surface area contributed by atoms with Gasteiger partial charge in [-0.3, -0.25) is 9.79 Å². The average Bonchev–Trinajstić information content (AvgIpc) is 2.67. The lowest BCUT2D eigenvalue weighted by atomic mass is 9.93. The first kappa shape index (κ1) is 20.1. The summed E-state index contributed by atoms with van der Waals surface area (Å²) in [6, 6.07) is 6.34. The minimum Gasteiger partial charge on any atom is -0.496 e. The highest BCUT2D eigenvalue weighted by atomic mass is 16.5. The normalized spacial score (nSPS) is 15.7. The number of methoxy groups -OCH3 is 1. The summed E-state index contributed by atoms with van der Waals surface area (Å²) in [5, 5.41) is 6.18. The number of aryl methyl sites for hydroxylation is 1. The van der Waals surface area contributed by atoms with Gasteiger partial charge in [-0.05, 0) is 49.3 Å². The van der Waals surface area contributed by atoms with E-state index < -0.39 is 0 Å². The third-order valence-corrected chi connectivity index (χ3v) is 5.05. The molecule has 144 valence electrons. The van der Waals surface area contributed by atoms with E-state index in [1.165, 1.54) is 5.56 Å². The topological polar surface area (TPSA) is 66.0 Å². The van der Waals surface area contributed by atoms with Crippen molar-refractivity contribution in [2.24, 2.45) is 10.9 Å². The number of ether oxygens (including phenoxy) is 1. The van der Waals surface area contributed by atoms with Crippen molar-refractivity contribution in [1.29, 1.82) is 0 Å². The molecule has 0 aromatic heterocycles. The molecule has 6 heteroatoms. The van der Waals surface area contributed by atoms with Crippen LogP contribution in [0.4, 0.5) is 0 Å². The zero-order chi connectivity index (χ0) is 18.9. The molecule has 0 saturated carbocycles. The van der Waals surface area contributed by atoms with Crippen LogP contribution in [0, 0.1) is 12.8 Å². The van der Waals surface area contributed by atoms with Crippen LogP contribution in [0.5, 0.6) is 5.75 Å². The smallest absolute Gasteiger partial charge is 0.220 e. The molecule has 1 fully saturated rings. The van der Waals surface area contributed by atoms with E-state index in [0.717, 1.165) is 56.2 Å². The Morgan fingerprint density at radius 3 is 2.69 bits per heavy atom. The van der Waals surface area contributed by atoms with Gasteiger partial charge in [0.05, 0.1) is 7.11 Å². The first-order valence-corrected chi connectivity index (χ1v) is 9.37. The van der Waals surface area contributed by atoms with Crippen LogP contribution in [0.1, 0.15) is 30.4 Å². The predicted molar refractivity (Wildman–Crippen MR) is 106 cm³/mol. The van der Waals surface area contributed by atoms with Gasteiger partial charge in [-0.15, -0.1) is 0 Å². The third-order valence-electron chi connectivity index (χ3n) is 5.05. The standard InChI is InChI=1S/C20H32N4O2/c1-15-5-6-16(13-18(15)26-4)7-10-23-20(22-3)24-11-8-17(9-12-24)14-19(25)21-2/h5-6,13,17H,7-12,14H2,1-4H3,(H,21,25)(H,22,23). The molecule has 2 N–H and O–H groups in total. The van der Waals surface area contributed by atoms with Crippen molar-refractivity contribution in [1.82, 2.24) is 15.5 Å². The molecule has 1 aromatic carbocycles. The second kappa shape index (κ2) is 10.0. The van der Waals surface area contributed by atoms with E-state index in [-0.39, 0.29) is 5.91 Å². The summed E-state index contributed by atoms with van der Waals surface area (Å²) in [7, 11) is 5.24. The van der Waals surface area contributed by atoms with Crippen LogP contribution in [0.15, 0.2) is 23.2 Å². The quantitative estimate of drug-likeness (QED) is 0.601. The van der Waals surface area contributed by atoms with Gasteiger partial charge < -0.3 is 20.3 Å². The predicted octanol–water partition coefficient (Wildman–Crippen LogP) is 1.97. The van der Waals surface area contributed by atoms with Crippen molar-refractivity contribution in [3.8, 4) is 5.75 Å². The second-order valence-corrected chi connectivity index (χ2v) is 6.84. The molecule has 1 amide bonds. The summed E-state index contributed by atoms with van der Waals surface area (Å²) in [6.07, 6.45) is 3.61. The van der Waals surface area contributed by atoms with E-state index in [1.54, 1.807) is 14.2 Å². The molecule has 26 heavy (non-hydrogen) atoms. The highest BCUT2D eigenvalue weighted by Gasteiger charge is 2.22. The number of guanidine groups is 1. The van der Waals surface area contributed by atoms with Gasteiger partial charge in [-0.25, -0.2) is 0 Å². The van der Waals surface area contributed by atoms with E-state index in [4.69, 9.17) is 4.74 Å². The van der Waals surface area contributed by atoms with Crippen LogP contribution in [0.3, 0.4) is 0 Å². The van der Waals surface area contributed by atoms with E-state index in [9.17, 15) is 4.79 Å². The van der Waals surface area contributed by atoms with Gasteiger partial charge in [-0.2, -0.15) is 0 Å². The van der Waals surface area contributed by atoms with Crippen LogP contribution in [-0.2, 0) is 11.2 Å². The highest BCUT2D eigenvalue weighted by Crippen LogP contribution is 2.21. The monoisotopic (exact) mass is 360 g/mol. The van der Waals surface area contributed by atoms with Crippen molar-refractivity contribution in [2.45, 2.75) is 32.6 Å². The first-order chi connectivity index (χ1) is 12.6. The van der Waals surface area contributed by atoms with Gasteiger partial charge >= 0.3 is 0 Å². The maximum atomic E-state index is 11.5. The number of likely N-dealkylation sites (tertiary alicyclic amines) is 1. The molecule has 0 atom stereocenters. The fourth-order valence-corrected chi connectivity index (χ4v) is 3.38. The Morgan fingerprint density at radius 1 is 1.35 bits per heavy atom. The molecule has 1 aliphatic rings. The maximum Gasteiger partial charge on any atom is 0.220 e. The number of rotatable bonds is 6. The zero-order valence-corrected chi connectivity index (χ0v) is 16.5. The van der Waals surface area contributed by atoms with Crippen LogP contribution in [0.25, 0.3) is 0 Å². The van der Waals surface area contributed by atoms with Gasteiger partial charge in [0.15, 0.2) is 5.96 Å². The second-order valence-electron chi connectivity index (χ2n) is 6.84. The minimum atomic E-state index is 0.138. The van der Waals surface area contributed by atoms with E-state index in [1.807, 2.05) is 7.05 Å². The number of carbonyl (C=O) groups excluding carboxylic acids is 1. The number of aliphatic imine (C=N–C) groups is 1. The molecule has 1 aromatic rings. The summed E-state index contributed by atoms with van der Waals surface area (Å²) in [6.45, 7) is 4.77. The Kier molecular flexibility index (Phi) is 7.75. The van der Waals surface area contributed by atoms with Crippen molar-refractivity contribution in [2.75, 3.05) is 40.8 Å². The number of piperidine rings is 1. The number of benzene rings is 1. The van der Waals surface area contributed by atoms with Crippen molar-refractivity contribution < 1.29 is 9.53 Å². The lowest BCUT2D eigenvalue weighted by Gasteiger charge is -2.34. The van der Waals surface area contributed by atoms with Crippen molar-refractivity contribution in [3.05, 3.63) is 29.3 Å². The van der Waals surface area contributed by atoms with Gasteiger partial charge in [0, 0.05) is 40.2 Å². The SMILES string of the molecule is CN=C(NCCc1ccc(C)c(OC)c1)N1CCC(CC(=O)NC)CC1. The number of carbonyl (C=O) groups is 1. The Bertz CT molecular complexity index is 622. The molecule has 1 aliphatic heterocycles. The maximum absolute atomic E-state index is 11.5. The van der Waals surface area contributed by atoms with Gasteiger partial charge in [0.25, 0.3) is 0 Å². The molecule has 0 aliphatic carbocycles. The Hall–Kier alpha value is -2.24. The fraction of sp³-hybridized carbons (Fsp3) is 0.600. The Balaban J connectivity index is 1.79. The van der Waals surface area contributed by atoms with Crippen LogP contribution >= 0.6 is 0 Å². The Morgan fingerprint density at radius 2 is 2.08 bits per heavy atom. The zero-order valence-electron chi connectivity index (χ0n) is 16.5. The Labute approximate surface area is 157 Å². The summed E-state index contributed by atoms with van der Waals surface area (Å²) >= 11 is 0. The van der Waals surface area contributed by atoms with Crippen LogP contribution in [0.2, 0.25) is 0 Å². The average molecular weight is 361 g/mol. The van der Waals surface area contributed by atoms with Crippen LogP contribution in [-0.4, -0.2) is 57.6 Å². The first-order valence-electron chi connectivity index (χ1n) is 9.37. The molecule has 0 spiro atoms. The van der Waals surface area contributed by atoms with E-state index >= 15 is 0 Å². The number of nitrogens with zero attached hydrogens (tertiary/aromatic N) is 2. The molecule has 0 bridgehead atoms. The largest absolute Gasteiger partial charge is 0.496 e. The van der Waals surface area contributed by atoms with E-state index in [2.05, 4.69) is 45.6 Å². The molecule has 0 unspecified atom stereocenters. The third kappa shape index (κ3) is 5.64. The molecule has 1 heterocycles. The summed E-state index contributed by atoms with van der Waals surface area (Å²) in [5.74, 6) is 2.50. The molecule has 6 nitrogen and oxygen atoms in total. The number of hydrogen-bond acceptors (Lipinski definition) is 3. The van der Waals surface area contributed by atoms with E-state index in [0.29, 0.717) is 12.3 Å². The molecular weight excluding hydrogens is 328 g/mol. The highest BCUT2D eigenvalue weighted by molar-refractivity contribution is 5.80. The summed E-state index contributed by atoms with van der Waals surface area (Å²) in [4.78, 5) is 18.2. The lowest BCUT2D eigenvalue weighted by molar-refractivity contribution is -0.121. The molecule has 2 rings (SSSR count). The van der Waals surface area contributed by atoms with Gasteiger partial charge in [0.2, 0.25) is 5.91 Å². The van der Waals surface area contributed by atoms with Crippen LogP contribution < -0.4 is 15.4 Å².